The monoisotopic (exact) mass is 355 g/mol. The van der Waals surface area contributed by atoms with Crippen molar-refractivity contribution < 1.29 is 14.0 Å². The van der Waals surface area contributed by atoms with Crippen molar-refractivity contribution in [2.24, 2.45) is 0 Å². The third-order valence-corrected chi connectivity index (χ3v) is 4.64. The maximum Gasteiger partial charge on any atom is 0.236 e. The third-order valence-electron chi connectivity index (χ3n) is 4.64. The zero-order valence-electron chi connectivity index (χ0n) is 14.8. The number of carbonyl (C=O) groups is 2. The molecule has 0 unspecified atom stereocenters. The molecule has 0 aliphatic carbocycles. The van der Waals surface area contributed by atoms with Crippen LogP contribution in [0.4, 0.5) is 15.8 Å². The van der Waals surface area contributed by atoms with Gasteiger partial charge in [-0.2, -0.15) is 0 Å². The molecule has 1 aliphatic rings. The highest BCUT2D eigenvalue weighted by Crippen LogP contribution is 2.18. The second-order valence-corrected chi connectivity index (χ2v) is 6.31. The summed E-state index contributed by atoms with van der Waals surface area (Å²) in [5.74, 6) is -0.637. The molecule has 5 nitrogen and oxygen atoms in total. The van der Waals surface area contributed by atoms with Crippen LogP contribution in [0.25, 0.3) is 0 Å². The Balaban J connectivity index is 1.52. The van der Waals surface area contributed by atoms with Gasteiger partial charge in [0.2, 0.25) is 11.8 Å². The minimum absolute atomic E-state index is 0.137. The molecule has 1 fully saturated rings. The van der Waals surface area contributed by atoms with Gasteiger partial charge in [-0.25, -0.2) is 4.39 Å². The number of rotatable bonds is 4. The Morgan fingerprint density at radius 3 is 2.19 bits per heavy atom. The summed E-state index contributed by atoms with van der Waals surface area (Å²) >= 11 is 0. The molecule has 136 valence electrons. The van der Waals surface area contributed by atoms with E-state index in [1.54, 1.807) is 24.1 Å². The summed E-state index contributed by atoms with van der Waals surface area (Å²) in [6.45, 7) is 2.44. The van der Waals surface area contributed by atoms with Crippen LogP contribution in [-0.2, 0) is 9.59 Å². The van der Waals surface area contributed by atoms with Crippen LogP contribution >= 0.6 is 0 Å². The predicted molar refractivity (Wildman–Crippen MR) is 99.7 cm³/mol. The minimum atomic E-state index is -0.261. The van der Waals surface area contributed by atoms with Gasteiger partial charge in [-0.1, -0.05) is 18.2 Å². The SMILES string of the molecule is CN(C(=O)CC(=O)N1CCN(c2ccc(F)cc2)CC1)c1ccccc1. The van der Waals surface area contributed by atoms with Gasteiger partial charge in [0.25, 0.3) is 0 Å². The van der Waals surface area contributed by atoms with E-state index in [9.17, 15) is 14.0 Å². The van der Waals surface area contributed by atoms with Gasteiger partial charge in [-0.3, -0.25) is 9.59 Å². The van der Waals surface area contributed by atoms with Crippen LogP contribution in [0.2, 0.25) is 0 Å². The first-order valence-corrected chi connectivity index (χ1v) is 8.64. The normalized spacial score (nSPS) is 14.2. The highest BCUT2D eigenvalue weighted by Gasteiger charge is 2.24. The number of nitrogens with zero attached hydrogens (tertiary/aromatic N) is 3. The van der Waals surface area contributed by atoms with Crippen LogP contribution < -0.4 is 9.80 Å². The molecule has 1 aliphatic heterocycles. The van der Waals surface area contributed by atoms with Crippen molar-refractivity contribution in [1.82, 2.24) is 4.90 Å². The highest BCUT2D eigenvalue weighted by molar-refractivity contribution is 6.04. The lowest BCUT2D eigenvalue weighted by atomic mass is 10.2. The Morgan fingerprint density at radius 1 is 0.962 bits per heavy atom. The summed E-state index contributed by atoms with van der Waals surface area (Å²) in [5.41, 5.74) is 1.71. The molecule has 0 bridgehead atoms. The molecule has 1 heterocycles. The maximum absolute atomic E-state index is 13.0. The number of anilines is 2. The fourth-order valence-corrected chi connectivity index (χ4v) is 3.02. The fourth-order valence-electron chi connectivity index (χ4n) is 3.02. The molecule has 2 amide bonds. The first-order valence-electron chi connectivity index (χ1n) is 8.64. The van der Waals surface area contributed by atoms with E-state index in [-0.39, 0.29) is 24.1 Å². The Bertz CT molecular complexity index is 756. The van der Waals surface area contributed by atoms with Crippen LogP contribution in [0.5, 0.6) is 0 Å². The van der Waals surface area contributed by atoms with Crippen molar-refractivity contribution in [2.75, 3.05) is 43.0 Å². The van der Waals surface area contributed by atoms with Crippen LogP contribution in [0.1, 0.15) is 6.42 Å². The summed E-state index contributed by atoms with van der Waals surface area (Å²) < 4.78 is 13.0. The molecule has 3 rings (SSSR count). The lowest BCUT2D eigenvalue weighted by Crippen LogP contribution is -2.49. The lowest BCUT2D eigenvalue weighted by Gasteiger charge is -2.36. The van der Waals surface area contributed by atoms with E-state index in [0.717, 1.165) is 11.4 Å². The molecule has 6 heteroatoms. The lowest BCUT2D eigenvalue weighted by molar-refractivity contribution is -0.135. The van der Waals surface area contributed by atoms with Gasteiger partial charge in [0.15, 0.2) is 0 Å². The first kappa shape index (κ1) is 17.9. The zero-order valence-corrected chi connectivity index (χ0v) is 14.8. The fraction of sp³-hybridized carbons (Fsp3) is 0.300. The van der Waals surface area contributed by atoms with Crippen LogP contribution in [0.3, 0.4) is 0 Å². The number of carbonyl (C=O) groups excluding carboxylic acids is 2. The van der Waals surface area contributed by atoms with E-state index in [0.29, 0.717) is 26.2 Å². The Labute approximate surface area is 152 Å². The van der Waals surface area contributed by atoms with Gasteiger partial charge < -0.3 is 14.7 Å². The molecule has 0 saturated carbocycles. The van der Waals surface area contributed by atoms with Crippen LogP contribution in [0.15, 0.2) is 54.6 Å². The van der Waals surface area contributed by atoms with Gasteiger partial charge in [0.1, 0.15) is 12.2 Å². The average molecular weight is 355 g/mol. The second kappa shape index (κ2) is 7.99. The quantitative estimate of drug-likeness (QED) is 0.792. The molecule has 0 N–H and O–H groups in total. The van der Waals surface area contributed by atoms with Crippen molar-refractivity contribution in [3.05, 3.63) is 60.4 Å². The smallest absolute Gasteiger partial charge is 0.236 e. The molecule has 2 aromatic rings. The molecule has 0 aromatic heterocycles. The van der Waals surface area contributed by atoms with Crippen molar-refractivity contribution in [2.45, 2.75) is 6.42 Å². The van der Waals surface area contributed by atoms with Gasteiger partial charge in [-0.15, -0.1) is 0 Å². The van der Waals surface area contributed by atoms with E-state index in [4.69, 9.17) is 0 Å². The van der Waals surface area contributed by atoms with Gasteiger partial charge in [-0.05, 0) is 36.4 Å². The summed E-state index contributed by atoms with van der Waals surface area (Å²) in [6, 6.07) is 15.6. The van der Waals surface area contributed by atoms with Crippen molar-refractivity contribution >= 4 is 23.2 Å². The van der Waals surface area contributed by atoms with Crippen molar-refractivity contribution in [3.8, 4) is 0 Å². The molecule has 0 spiro atoms. The van der Waals surface area contributed by atoms with E-state index in [2.05, 4.69) is 4.90 Å². The van der Waals surface area contributed by atoms with E-state index >= 15 is 0 Å². The van der Waals surface area contributed by atoms with Gasteiger partial charge in [0, 0.05) is 44.6 Å². The number of para-hydroxylation sites is 1. The largest absolute Gasteiger partial charge is 0.368 e. The van der Waals surface area contributed by atoms with Crippen LogP contribution in [-0.4, -0.2) is 49.9 Å². The second-order valence-electron chi connectivity index (χ2n) is 6.31. The zero-order chi connectivity index (χ0) is 18.5. The predicted octanol–water partition coefficient (Wildman–Crippen LogP) is 2.53. The molecule has 2 aromatic carbocycles. The Morgan fingerprint density at radius 2 is 1.58 bits per heavy atom. The average Bonchev–Trinajstić information content (AvgIpc) is 2.68. The van der Waals surface area contributed by atoms with Gasteiger partial charge in [0.05, 0.1) is 0 Å². The summed E-state index contributed by atoms with van der Waals surface area (Å²) in [7, 11) is 1.68. The minimum Gasteiger partial charge on any atom is -0.368 e. The molecule has 0 radical (unpaired) electrons. The summed E-state index contributed by atoms with van der Waals surface area (Å²) in [5, 5.41) is 0. The summed E-state index contributed by atoms with van der Waals surface area (Å²) in [6.07, 6.45) is -0.137. The van der Waals surface area contributed by atoms with Crippen molar-refractivity contribution in [1.29, 1.82) is 0 Å². The molecule has 26 heavy (non-hydrogen) atoms. The summed E-state index contributed by atoms with van der Waals surface area (Å²) in [4.78, 5) is 30.1. The molecule has 1 saturated heterocycles. The van der Waals surface area contributed by atoms with Crippen molar-refractivity contribution in [3.63, 3.8) is 0 Å². The maximum atomic E-state index is 13.0. The third kappa shape index (κ3) is 4.20. The molecule has 0 atom stereocenters. The molecular weight excluding hydrogens is 333 g/mol. The van der Waals surface area contributed by atoms with E-state index < -0.39 is 0 Å². The van der Waals surface area contributed by atoms with Crippen LogP contribution in [0, 0.1) is 5.82 Å². The van der Waals surface area contributed by atoms with Gasteiger partial charge >= 0.3 is 0 Å². The Hall–Kier alpha value is -2.89. The first-order chi connectivity index (χ1) is 12.5. The standard InChI is InChI=1S/C20H22FN3O2/c1-22(17-5-3-2-4-6-17)19(25)15-20(26)24-13-11-23(12-14-24)18-9-7-16(21)8-10-18/h2-10H,11-15H2,1H3. The number of hydrogen-bond donors (Lipinski definition) is 0. The van der Waals surface area contributed by atoms with E-state index in [1.807, 2.05) is 30.3 Å². The number of hydrogen-bond acceptors (Lipinski definition) is 3. The topological polar surface area (TPSA) is 43.9 Å². The number of amides is 2. The van der Waals surface area contributed by atoms with E-state index in [1.165, 1.54) is 17.0 Å². The number of benzene rings is 2. The highest BCUT2D eigenvalue weighted by atomic mass is 19.1. The Kier molecular flexibility index (Phi) is 5.51. The number of piperazine rings is 1. The molecular formula is C20H22FN3O2. The number of halogens is 1.